The van der Waals surface area contributed by atoms with E-state index in [0.29, 0.717) is 0 Å². The van der Waals surface area contributed by atoms with Crippen LogP contribution in [0.1, 0.15) is 116 Å². The highest BCUT2D eigenvalue weighted by atomic mass is 19.1. The van der Waals surface area contributed by atoms with Crippen LogP contribution < -0.4 is 0 Å². The molecule has 0 atom stereocenters. The van der Waals surface area contributed by atoms with E-state index in [1.807, 2.05) is 0 Å². The fourth-order valence-electron chi connectivity index (χ4n) is 2.92. The van der Waals surface area contributed by atoms with E-state index in [0.717, 1.165) is 19.3 Å². The molecular formula is C20H40F. The zero-order chi connectivity index (χ0) is 15.4. The summed E-state index contributed by atoms with van der Waals surface area (Å²) in [4.78, 5) is 0. The molecule has 0 bridgehead atoms. The van der Waals surface area contributed by atoms with Crippen molar-refractivity contribution in [1.82, 2.24) is 0 Å². The lowest BCUT2D eigenvalue weighted by Crippen LogP contribution is -1.84. The van der Waals surface area contributed by atoms with Crippen molar-refractivity contribution < 1.29 is 4.39 Å². The topological polar surface area (TPSA) is 0 Å². The van der Waals surface area contributed by atoms with Gasteiger partial charge in [0.1, 0.15) is 0 Å². The largest absolute Gasteiger partial charge is 0.251 e. The molecule has 0 fully saturated rings. The highest BCUT2D eigenvalue weighted by molar-refractivity contribution is 4.50. The van der Waals surface area contributed by atoms with Gasteiger partial charge in [0.2, 0.25) is 0 Å². The number of rotatable bonds is 18. The first kappa shape index (κ1) is 20.9. The quantitative estimate of drug-likeness (QED) is 0.226. The van der Waals surface area contributed by atoms with E-state index in [2.05, 4.69) is 6.92 Å². The lowest BCUT2D eigenvalue weighted by molar-refractivity contribution is 0.448. The van der Waals surface area contributed by atoms with Gasteiger partial charge in [-0.2, -0.15) is 0 Å². The van der Waals surface area contributed by atoms with E-state index in [9.17, 15) is 4.39 Å². The zero-order valence-corrected chi connectivity index (χ0v) is 14.5. The van der Waals surface area contributed by atoms with Crippen LogP contribution >= 0.6 is 0 Å². The molecule has 0 saturated carbocycles. The van der Waals surface area contributed by atoms with E-state index < -0.39 is 0 Å². The molecule has 0 unspecified atom stereocenters. The molecule has 0 amide bonds. The van der Waals surface area contributed by atoms with E-state index in [4.69, 9.17) is 0 Å². The molecule has 0 nitrogen and oxygen atoms in total. The highest BCUT2D eigenvalue weighted by Crippen LogP contribution is 2.14. The van der Waals surface area contributed by atoms with Gasteiger partial charge in [-0.15, -0.1) is 0 Å². The minimum atomic E-state index is -0.129. The first-order chi connectivity index (χ1) is 10.4. The lowest BCUT2D eigenvalue weighted by Gasteiger charge is -2.03. The summed E-state index contributed by atoms with van der Waals surface area (Å²) >= 11 is 0. The fourth-order valence-corrected chi connectivity index (χ4v) is 2.92. The van der Waals surface area contributed by atoms with Crippen molar-refractivity contribution >= 4 is 0 Å². The molecule has 0 aromatic rings. The third kappa shape index (κ3) is 19.9. The summed E-state index contributed by atoms with van der Waals surface area (Å²) in [7, 11) is 0. The molecule has 0 aromatic carbocycles. The Morgan fingerprint density at radius 2 is 0.619 bits per heavy atom. The molecule has 0 saturated heterocycles. The Bertz CT molecular complexity index is 149. The van der Waals surface area contributed by atoms with Crippen LogP contribution in [0.15, 0.2) is 0 Å². The standard InChI is InChI=1S/C20H40F/c1-2-3-4-5-6-7-8-9-10-11-12-13-14-15-16-17-18-19-20-21/h1-20H2. The van der Waals surface area contributed by atoms with Gasteiger partial charge in [0, 0.05) is 0 Å². The number of alkyl halides is 1. The zero-order valence-electron chi connectivity index (χ0n) is 14.5. The normalized spacial score (nSPS) is 11.1. The Morgan fingerprint density at radius 1 is 0.381 bits per heavy atom. The summed E-state index contributed by atoms with van der Waals surface area (Å²) in [6, 6.07) is 0. The first-order valence-corrected chi connectivity index (χ1v) is 9.77. The van der Waals surface area contributed by atoms with Crippen LogP contribution in [0.3, 0.4) is 0 Å². The van der Waals surface area contributed by atoms with E-state index >= 15 is 0 Å². The van der Waals surface area contributed by atoms with Gasteiger partial charge in [-0.05, 0) is 6.42 Å². The second-order valence-electron chi connectivity index (χ2n) is 6.55. The highest BCUT2D eigenvalue weighted by Gasteiger charge is 1.94. The van der Waals surface area contributed by atoms with Crippen LogP contribution in [0.4, 0.5) is 4.39 Å². The Balaban J connectivity index is 2.90. The molecule has 127 valence electrons. The maximum Gasteiger partial charge on any atom is 0.0894 e. The molecule has 0 rings (SSSR count). The third-order valence-electron chi connectivity index (χ3n) is 4.38. The molecule has 0 spiro atoms. The van der Waals surface area contributed by atoms with Crippen LogP contribution in [0.25, 0.3) is 0 Å². The smallest absolute Gasteiger partial charge is 0.0894 e. The minimum absolute atomic E-state index is 0.129. The van der Waals surface area contributed by atoms with Gasteiger partial charge in [0.25, 0.3) is 0 Å². The Morgan fingerprint density at radius 3 is 0.857 bits per heavy atom. The summed E-state index contributed by atoms with van der Waals surface area (Å²) in [5.74, 6) is 0. The van der Waals surface area contributed by atoms with Gasteiger partial charge in [0.05, 0.1) is 6.67 Å². The summed E-state index contributed by atoms with van der Waals surface area (Å²) in [5, 5.41) is 0. The van der Waals surface area contributed by atoms with Gasteiger partial charge in [-0.25, -0.2) is 0 Å². The summed E-state index contributed by atoms with van der Waals surface area (Å²) in [6.07, 6.45) is 23.9. The molecular weight excluding hydrogens is 259 g/mol. The van der Waals surface area contributed by atoms with Crippen LogP contribution in [-0.2, 0) is 0 Å². The molecule has 0 aliphatic heterocycles. The molecule has 1 heteroatoms. The maximum atomic E-state index is 11.9. The minimum Gasteiger partial charge on any atom is -0.251 e. The number of unbranched alkanes of at least 4 members (excludes halogenated alkanes) is 17. The number of hydrogen-bond acceptors (Lipinski definition) is 0. The van der Waals surface area contributed by atoms with Gasteiger partial charge in [-0.3, -0.25) is 4.39 Å². The average Bonchev–Trinajstić information content (AvgIpc) is 2.50. The molecule has 0 aliphatic carbocycles. The molecule has 0 N–H and O–H groups in total. The SMILES string of the molecule is [CH2]CCCCCCCCCCCCCCCCCCCF. The van der Waals surface area contributed by atoms with Crippen molar-refractivity contribution in [3.05, 3.63) is 6.92 Å². The Labute approximate surface area is 134 Å². The predicted octanol–water partition coefficient (Wildman–Crippen LogP) is 7.81. The monoisotopic (exact) mass is 299 g/mol. The van der Waals surface area contributed by atoms with Crippen LogP contribution in [0.5, 0.6) is 0 Å². The van der Waals surface area contributed by atoms with E-state index in [1.54, 1.807) is 0 Å². The molecule has 0 aliphatic rings. The van der Waals surface area contributed by atoms with Crippen molar-refractivity contribution in [2.24, 2.45) is 0 Å². The predicted molar refractivity (Wildman–Crippen MR) is 94.4 cm³/mol. The second kappa shape index (κ2) is 19.9. The lowest BCUT2D eigenvalue weighted by atomic mass is 10.0. The average molecular weight is 300 g/mol. The van der Waals surface area contributed by atoms with Crippen molar-refractivity contribution in [2.75, 3.05) is 6.67 Å². The van der Waals surface area contributed by atoms with Gasteiger partial charge < -0.3 is 0 Å². The van der Waals surface area contributed by atoms with Gasteiger partial charge in [0.15, 0.2) is 0 Å². The van der Waals surface area contributed by atoms with Gasteiger partial charge >= 0.3 is 0 Å². The van der Waals surface area contributed by atoms with E-state index in [-0.39, 0.29) is 6.67 Å². The summed E-state index contributed by atoms with van der Waals surface area (Å²) in [5.41, 5.74) is 0. The third-order valence-corrected chi connectivity index (χ3v) is 4.38. The fraction of sp³-hybridized carbons (Fsp3) is 0.950. The number of hydrogen-bond donors (Lipinski definition) is 0. The number of halogens is 1. The second-order valence-corrected chi connectivity index (χ2v) is 6.55. The maximum absolute atomic E-state index is 11.9. The van der Waals surface area contributed by atoms with Crippen molar-refractivity contribution in [2.45, 2.75) is 116 Å². The van der Waals surface area contributed by atoms with Crippen molar-refractivity contribution in [3.8, 4) is 0 Å². The molecule has 0 aromatic heterocycles. The van der Waals surface area contributed by atoms with Gasteiger partial charge in [-0.1, -0.05) is 116 Å². The van der Waals surface area contributed by atoms with Crippen molar-refractivity contribution in [1.29, 1.82) is 0 Å². The van der Waals surface area contributed by atoms with Crippen molar-refractivity contribution in [3.63, 3.8) is 0 Å². The van der Waals surface area contributed by atoms with Crippen LogP contribution in [-0.4, -0.2) is 6.67 Å². The molecule has 1 radical (unpaired) electrons. The summed E-state index contributed by atoms with van der Waals surface area (Å²) < 4.78 is 11.9. The summed E-state index contributed by atoms with van der Waals surface area (Å²) in [6.45, 7) is 3.75. The van der Waals surface area contributed by atoms with E-state index in [1.165, 1.54) is 96.3 Å². The molecule has 21 heavy (non-hydrogen) atoms. The first-order valence-electron chi connectivity index (χ1n) is 9.77. The Hall–Kier alpha value is -0.0700. The van der Waals surface area contributed by atoms with Crippen LogP contribution in [0, 0.1) is 6.92 Å². The van der Waals surface area contributed by atoms with Crippen LogP contribution in [0.2, 0.25) is 0 Å². The molecule has 0 heterocycles. The Kier molecular flexibility index (Phi) is 19.9.